The molecule has 2 rings (SSSR count). The molecule has 1 aliphatic heterocycles. The Bertz CT molecular complexity index is 497. The number of amides is 2. The first-order valence-electron chi connectivity index (χ1n) is 8.44. The van der Waals surface area contributed by atoms with Crippen molar-refractivity contribution in [2.24, 2.45) is 11.8 Å². The normalized spacial score (nSPS) is 15.7. The lowest BCUT2D eigenvalue weighted by Crippen LogP contribution is -2.44. The van der Waals surface area contributed by atoms with Gasteiger partial charge in [0.2, 0.25) is 0 Å². The molecule has 1 aromatic carbocycles. The molecule has 23 heavy (non-hydrogen) atoms. The van der Waals surface area contributed by atoms with Crippen molar-refractivity contribution < 1.29 is 14.6 Å². The largest absolute Gasteiger partial charge is 0.493 e. The molecule has 1 heterocycles. The maximum absolute atomic E-state index is 12.2. The summed E-state index contributed by atoms with van der Waals surface area (Å²) in [5.74, 6) is 1.67. The molecule has 5 heteroatoms. The summed E-state index contributed by atoms with van der Waals surface area (Å²) < 4.78 is 5.71. The molecule has 0 radical (unpaired) electrons. The number of nitrogens with one attached hydrogen (secondary N) is 1. The molecule has 0 aromatic heterocycles. The number of nitrogens with zero attached hydrogens (tertiary/aromatic N) is 1. The Morgan fingerprint density at radius 3 is 2.78 bits per heavy atom. The Hall–Kier alpha value is -1.75. The Morgan fingerprint density at radius 1 is 1.39 bits per heavy atom. The van der Waals surface area contributed by atoms with Crippen molar-refractivity contribution >= 4 is 6.03 Å². The van der Waals surface area contributed by atoms with Gasteiger partial charge in [0.15, 0.2) is 0 Å². The fourth-order valence-corrected chi connectivity index (χ4v) is 2.62. The van der Waals surface area contributed by atoms with Gasteiger partial charge in [0.05, 0.1) is 6.61 Å². The Labute approximate surface area is 138 Å². The summed E-state index contributed by atoms with van der Waals surface area (Å²) in [6.07, 6.45) is 1.75. The van der Waals surface area contributed by atoms with E-state index in [4.69, 9.17) is 9.84 Å². The molecule has 1 aliphatic rings. The Balaban J connectivity index is 1.79. The first-order valence-corrected chi connectivity index (χ1v) is 8.44. The van der Waals surface area contributed by atoms with Gasteiger partial charge >= 0.3 is 6.03 Å². The number of aliphatic hydroxyl groups is 1. The van der Waals surface area contributed by atoms with Crippen molar-refractivity contribution in [3.63, 3.8) is 0 Å². The van der Waals surface area contributed by atoms with Crippen LogP contribution in [-0.2, 0) is 6.54 Å². The van der Waals surface area contributed by atoms with Gasteiger partial charge < -0.3 is 20.1 Å². The van der Waals surface area contributed by atoms with E-state index in [2.05, 4.69) is 19.2 Å². The highest BCUT2D eigenvalue weighted by Crippen LogP contribution is 2.17. The van der Waals surface area contributed by atoms with Gasteiger partial charge in [-0.25, -0.2) is 4.79 Å². The molecule has 128 valence electrons. The summed E-state index contributed by atoms with van der Waals surface area (Å²) in [4.78, 5) is 14.0. The van der Waals surface area contributed by atoms with E-state index in [0.717, 1.165) is 24.2 Å². The van der Waals surface area contributed by atoms with E-state index in [9.17, 15) is 4.79 Å². The minimum Gasteiger partial charge on any atom is -0.493 e. The van der Waals surface area contributed by atoms with Gasteiger partial charge in [0.25, 0.3) is 0 Å². The maximum atomic E-state index is 12.2. The fourth-order valence-electron chi connectivity index (χ4n) is 2.62. The number of aliphatic hydroxyl groups excluding tert-OH is 1. The monoisotopic (exact) mass is 320 g/mol. The van der Waals surface area contributed by atoms with Gasteiger partial charge in [-0.05, 0) is 42.4 Å². The number of hydrogen-bond acceptors (Lipinski definition) is 3. The number of ether oxygens (including phenoxy) is 1. The lowest BCUT2D eigenvalue weighted by molar-refractivity contribution is 0.137. The third-order valence-corrected chi connectivity index (χ3v) is 4.09. The van der Waals surface area contributed by atoms with Gasteiger partial charge in [-0.1, -0.05) is 26.0 Å². The van der Waals surface area contributed by atoms with Gasteiger partial charge in [-0.2, -0.15) is 0 Å². The second kappa shape index (κ2) is 8.77. The summed E-state index contributed by atoms with van der Waals surface area (Å²) in [7, 11) is 0. The molecule has 5 nitrogen and oxygen atoms in total. The van der Waals surface area contributed by atoms with E-state index in [1.165, 1.54) is 0 Å². The molecular formula is C18H28N2O3. The van der Waals surface area contributed by atoms with E-state index in [1.54, 1.807) is 0 Å². The van der Waals surface area contributed by atoms with E-state index in [0.29, 0.717) is 38.1 Å². The van der Waals surface area contributed by atoms with Crippen LogP contribution in [0.1, 0.15) is 32.3 Å². The topological polar surface area (TPSA) is 61.8 Å². The second-order valence-corrected chi connectivity index (χ2v) is 6.62. The van der Waals surface area contributed by atoms with Crippen LogP contribution in [-0.4, -0.2) is 42.3 Å². The van der Waals surface area contributed by atoms with E-state index >= 15 is 0 Å². The van der Waals surface area contributed by atoms with Crippen LogP contribution in [0.4, 0.5) is 4.79 Å². The van der Waals surface area contributed by atoms with Crippen molar-refractivity contribution in [1.29, 1.82) is 0 Å². The zero-order valence-corrected chi connectivity index (χ0v) is 14.1. The first-order chi connectivity index (χ1) is 11.1. The molecular weight excluding hydrogens is 292 g/mol. The van der Waals surface area contributed by atoms with Gasteiger partial charge in [-0.3, -0.25) is 0 Å². The minimum absolute atomic E-state index is 0.0325. The number of carbonyl (C=O) groups is 1. The number of hydrogen-bond donors (Lipinski definition) is 2. The molecule has 0 atom stereocenters. The second-order valence-electron chi connectivity index (χ2n) is 6.62. The third kappa shape index (κ3) is 5.75. The molecule has 0 saturated carbocycles. The fraction of sp³-hybridized carbons (Fsp3) is 0.611. The van der Waals surface area contributed by atoms with E-state index in [-0.39, 0.29) is 12.6 Å². The van der Waals surface area contributed by atoms with Crippen molar-refractivity contribution in [3.8, 4) is 5.75 Å². The van der Waals surface area contributed by atoms with Crippen molar-refractivity contribution in [2.45, 2.75) is 33.2 Å². The highest BCUT2D eigenvalue weighted by atomic mass is 16.5. The zero-order chi connectivity index (χ0) is 16.7. The summed E-state index contributed by atoms with van der Waals surface area (Å²) in [5.41, 5.74) is 1.03. The molecule has 0 aliphatic carbocycles. The molecule has 2 amide bonds. The average Bonchev–Trinajstić information content (AvgIpc) is 2.58. The summed E-state index contributed by atoms with van der Waals surface area (Å²) in [5, 5.41) is 12.1. The van der Waals surface area contributed by atoms with Crippen LogP contribution in [0.15, 0.2) is 24.3 Å². The highest BCUT2D eigenvalue weighted by molar-refractivity contribution is 5.74. The Kier molecular flexibility index (Phi) is 6.71. The van der Waals surface area contributed by atoms with Crippen LogP contribution in [0.5, 0.6) is 5.75 Å². The number of likely N-dealkylation sites (tertiary alicyclic amines) is 1. The van der Waals surface area contributed by atoms with Crippen molar-refractivity contribution in [1.82, 2.24) is 10.2 Å². The van der Waals surface area contributed by atoms with Crippen LogP contribution in [0.3, 0.4) is 0 Å². The number of rotatable bonds is 6. The molecule has 0 bridgehead atoms. The van der Waals surface area contributed by atoms with E-state index in [1.807, 2.05) is 29.2 Å². The molecule has 2 N–H and O–H groups in total. The van der Waals surface area contributed by atoms with Crippen LogP contribution in [0, 0.1) is 11.8 Å². The number of urea groups is 1. The predicted octanol–water partition coefficient (Wildman–Crippen LogP) is 2.64. The first kappa shape index (κ1) is 17.6. The quantitative estimate of drug-likeness (QED) is 0.847. The lowest BCUT2D eigenvalue weighted by Gasteiger charge is -2.31. The van der Waals surface area contributed by atoms with Gasteiger partial charge in [0, 0.05) is 26.2 Å². The number of carbonyl (C=O) groups excluding carboxylic acids is 1. The maximum Gasteiger partial charge on any atom is 0.317 e. The third-order valence-electron chi connectivity index (χ3n) is 4.09. The van der Waals surface area contributed by atoms with Crippen LogP contribution < -0.4 is 10.1 Å². The summed E-state index contributed by atoms with van der Waals surface area (Å²) in [6.45, 7) is 7.07. The highest BCUT2D eigenvalue weighted by Gasteiger charge is 2.21. The average molecular weight is 320 g/mol. The van der Waals surface area contributed by atoms with Gasteiger partial charge in [0.1, 0.15) is 5.75 Å². The van der Waals surface area contributed by atoms with Crippen molar-refractivity contribution in [3.05, 3.63) is 29.8 Å². The predicted molar refractivity (Wildman–Crippen MR) is 90.4 cm³/mol. The molecule has 1 saturated heterocycles. The Morgan fingerprint density at radius 2 is 2.13 bits per heavy atom. The van der Waals surface area contributed by atoms with Crippen LogP contribution in [0.2, 0.25) is 0 Å². The summed E-state index contributed by atoms with van der Waals surface area (Å²) in [6, 6.07) is 7.81. The number of piperidine rings is 1. The van der Waals surface area contributed by atoms with Crippen LogP contribution in [0.25, 0.3) is 0 Å². The number of benzene rings is 1. The molecule has 0 unspecified atom stereocenters. The molecule has 0 spiro atoms. The minimum atomic E-state index is -0.0325. The van der Waals surface area contributed by atoms with Crippen molar-refractivity contribution in [2.75, 3.05) is 26.3 Å². The SMILES string of the molecule is CC(C)COc1cccc(CNC(=O)N2CCC(CO)CC2)c1. The zero-order valence-electron chi connectivity index (χ0n) is 14.1. The molecule has 1 fully saturated rings. The smallest absolute Gasteiger partial charge is 0.317 e. The van der Waals surface area contributed by atoms with E-state index < -0.39 is 0 Å². The standard InChI is InChI=1S/C18H28N2O3/c1-14(2)13-23-17-5-3-4-16(10-17)11-19-18(22)20-8-6-15(12-21)7-9-20/h3-5,10,14-15,21H,6-9,11-13H2,1-2H3,(H,19,22). The van der Waals surface area contributed by atoms with Gasteiger partial charge in [-0.15, -0.1) is 0 Å². The van der Waals surface area contributed by atoms with Crippen LogP contribution >= 0.6 is 0 Å². The summed E-state index contributed by atoms with van der Waals surface area (Å²) >= 11 is 0. The molecule has 1 aromatic rings. The lowest BCUT2D eigenvalue weighted by atomic mass is 9.98.